The minimum atomic E-state index is -3.42. The molecular formula is C11H11FN2O2S. The lowest BCUT2D eigenvalue weighted by atomic mass is 10.2. The van der Waals surface area contributed by atoms with Crippen LogP contribution in [0.4, 0.5) is 10.1 Å². The summed E-state index contributed by atoms with van der Waals surface area (Å²) in [5.74, 6) is -0.584. The van der Waals surface area contributed by atoms with Gasteiger partial charge in [0.25, 0.3) is 0 Å². The van der Waals surface area contributed by atoms with Crippen molar-refractivity contribution in [1.29, 1.82) is 5.26 Å². The molecule has 0 aromatic heterocycles. The number of halogens is 1. The van der Waals surface area contributed by atoms with Gasteiger partial charge in [0.15, 0.2) is 9.84 Å². The van der Waals surface area contributed by atoms with Gasteiger partial charge in [0, 0.05) is 7.05 Å². The first-order valence-corrected chi connectivity index (χ1v) is 6.73. The number of nitriles is 1. The summed E-state index contributed by atoms with van der Waals surface area (Å²) >= 11 is 0. The highest BCUT2D eigenvalue weighted by Gasteiger charge is 2.33. The first-order chi connectivity index (χ1) is 7.95. The molecule has 0 fully saturated rings. The second kappa shape index (κ2) is 4.00. The van der Waals surface area contributed by atoms with Gasteiger partial charge in [0.2, 0.25) is 0 Å². The number of sulfone groups is 1. The molecule has 2 rings (SSSR count). The van der Waals surface area contributed by atoms with Gasteiger partial charge in [-0.2, -0.15) is 5.26 Å². The molecule has 0 radical (unpaired) electrons. The number of rotatable bonds is 1. The second-order valence-electron chi connectivity index (χ2n) is 4.02. The van der Waals surface area contributed by atoms with Crippen LogP contribution in [-0.4, -0.2) is 27.3 Å². The Morgan fingerprint density at radius 2 is 2.29 bits per heavy atom. The van der Waals surface area contributed by atoms with Gasteiger partial charge in [-0.1, -0.05) is 0 Å². The largest absolute Gasteiger partial charge is 0.368 e. The zero-order valence-electron chi connectivity index (χ0n) is 9.22. The Bertz CT molecular complexity index is 592. The quantitative estimate of drug-likeness (QED) is 0.709. The molecule has 0 saturated heterocycles. The van der Waals surface area contributed by atoms with E-state index in [1.54, 1.807) is 11.9 Å². The molecule has 1 atom stereocenters. The molecule has 0 saturated carbocycles. The van der Waals surface area contributed by atoms with Crippen LogP contribution >= 0.6 is 0 Å². The predicted molar refractivity (Wildman–Crippen MR) is 60.9 cm³/mol. The van der Waals surface area contributed by atoms with Crippen molar-refractivity contribution in [2.24, 2.45) is 0 Å². The van der Waals surface area contributed by atoms with Crippen LogP contribution in [-0.2, 0) is 9.84 Å². The summed E-state index contributed by atoms with van der Waals surface area (Å²) in [7, 11) is -1.75. The Balaban J connectivity index is 2.58. The van der Waals surface area contributed by atoms with Crippen LogP contribution in [0.25, 0.3) is 0 Å². The zero-order valence-corrected chi connectivity index (χ0v) is 10.0. The van der Waals surface area contributed by atoms with Crippen LogP contribution in [0.5, 0.6) is 0 Å². The molecule has 1 heterocycles. The number of benzene rings is 1. The molecule has 1 aliphatic rings. The molecule has 17 heavy (non-hydrogen) atoms. The smallest absolute Gasteiger partial charge is 0.182 e. The molecule has 4 nitrogen and oxygen atoms in total. The SMILES string of the molecule is CN1c2cc(F)ccc2S(=O)(=O)CC1CC#N. The van der Waals surface area contributed by atoms with Crippen molar-refractivity contribution in [3.05, 3.63) is 24.0 Å². The Labute approximate surface area is 99.2 Å². The predicted octanol–water partition coefficient (Wildman–Crippen LogP) is 1.33. The third-order valence-corrected chi connectivity index (χ3v) is 4.76. The number of hydrogen-bond donors (Lipinski definition) is 0. The molecule has 1 unspecified atom stereocenters. The lowest BCUT2D eigenvalue weighted by molar-refractivity contribution is 0.570. The summed E-state index contributed by atoms with van der Waals surface area (Å²) in [6.07, 6.45) is 0.103. The van der Waals surface area contributed by atoms with Gasteiger partial charge >= 0.3 is 0 Å². The first kappa shape index (κ1) is 11.9. The van der Waals surface area contributed by atoms with E-state index in [0.717, 1.165) is 6.07 Å². The minimum Gasteiger partial charge on any atom is -0.368 e. The normalized spacial score (nSPS) is 21.7. The van der Waals surface area contributed by atoms with Crippen LogP contribution < -0.4 is 4.90 Å². The van der Waals surface area contributed by atoms with E-state index < -0.39 is 21.7 Å². The number of hydrogen-bond acceptors (Lipinski definition) is 4. The highest BCUT2D eigenvalue weighted by atomic mass is 32.2. The monoisotopic (exact) mass is 254 g/mol. The fourth-order valence-electron chi connectivity index (χ4n) is 1.98. The summed E-state index contributed by atoms with van der Waals surface area (Å²) in [6, 6.07) is 5.14. The molecule has 90 valence electrons. The van der Waals surface area contributed by atoms with Gasteiger partial charge < -0.3 is 4.90 Å². The Morgan fingerprint density at radius 3 is 2.94 bits per heavy atom. The van der Waals surface area contributed by atoms with Crippen molar-refractivity contribution in [2.75, 3.05) is 17.7 Å². The second-order valence-corrected chi connectivity index (χ2v) is 6.02. The van der Waals surface area contributed by atoms with Gasteiger partial charge in [0.1, 0.15) is 5.82 Å². The zero-order chi connectivity index (χ0) is 12.6. The van der Waals surface area contributed by atoms with Gasteiger partial charge in [-0.05, 0) is 18.2 Å². The van der Waals surface area contributed by atoms with Crippen LogP contribution in [0, 0.1) is 17.1 Å². The Kier molecular flexibility index (Phi) is 2.79. The van der Waals surface area contributed by atoms with Crippen molar-refractivity contribution < 1.29 is 12.8 Å². The summed E-state index contributed by atoms with van der Waals surface area (Å²) in [6.45, 7) is 0. The summed E-state index contributed by atoms with van der Waals surface area (Å²) in [4.78, 5) is 1.79. The average Bonchev–Trinajstić information content (AvgIpc) is 2.25. The van der Waals surface area contributed by atoms with E-state index in [-0.39, 0.29) is 17.1 Å². The molecule has 0 aliphatic carbocycles. The van der Waals surface area contributed by atoms with E-state index in [1.165, 1.54) is 12.1 Å². The summed E-state index contributed by atoms with van der Waals surface area (Å²) in [5.41, 5.74) is 0.330. The highest BCUT2D eigenvalue weighted by Crippen LogP contribution is 2.33. The molecule has 6 heteroatoms. The van der Waals surface area contributed by atoms with E-state index in [2.05, 4.69) is 0 Å². The molecule has 0 N–H and O–H groups in total. The topological polar surface area (TPSA) is 61.2 Å². The highest BCUT2D eigenvalue weighted by molar-refractivity contribution is 7.91. The molecule has 0 amide bonds. The molecule has 1 aromatic carbocycles. The molecule has 0 bridgehead atoms. The van der Waals surface area contributed by atoms with Crippen LogP contribution in [0.15, 0.2) is 23.1 Å². The van der Waals surface area contributed by atoms with Gasteiger partial charge in [-0.3, -0.25) is 0 Å². The Morgan fingerprint density at radius 1 is 1.59 bits per heavy atom. The number of fused-ring (bicyclic) bond motifs is 1. The van der Waals surface area contributed by atoms with Crippen molar-refractivity contribution >= 4 is 15.5 Å². The van der Waals surface area contributed by atoms with Crippen molar-refractivity contribution in [3.8, 4) is 6.07 Å². The minimum absolute atomic E-state index is 0.101. The van der Waals surface area contributed by atoms with E-state index in [9.17, 15) is 12.8 Å². The van der Waals surface area contributed by atoms with E-state index in [1.807, 2.05) is 6.07 Å². The lowest BCUT2D eigenvalue weighted by Crippen LogP contribution is -2.42. The van der Waals surface area contributed by atoms with Crippen LogP contribution in [0.2, 0.25) is 0 Å². The van der Waals surface area contributed by atoms with E-state index >= 15 is 0 Å². The third kappa shape index (κ3) is 1.98. The van der Waals surface area contributed by atoms with Crippen molar-refractivity contribution in [3.63, 3.8) is 0 Å². The van der Waals surface area contributed by atoms with E-state index in [4.69, 9.17) is 5.26 Å². The molecule has 1 aliphatic heterocycles. The molecule has 1 aromatic rings. The van der Waals surface area contributed by atoms with E-state index in [0.29, 0.717) is 5.69 Å². The van der Waals surface area contributed by atoms with Crippen LogP contribution in [0.3, 0.4) is 0 Å². The Hall–Kier alpha value is -1.61. The summed E-state index contributed by atoms with van der Waals surface area (Å²) < 4.78 is 37.1. The summed E-state index contributed by atoms with van der Waals surface area (Å²) in [5, 5.41) is 8.66. The van der Waals surface area contributed by atoms with Gasteiger partial charge in [0.05, 0.1) is 34.9 Å². The van der Waals surface area contributed by atoms with Gasteiger partial charge in [-0.15, -0.1) is 0 Å². The maximum absolute atomic E-state index is 13.1. The molecular weight excluding hydrogens is 243 g/mol. The average molecular weight is 254 g/mol. The molecule has 0 spiro atoms. The van der Waals surface area contributed by atoms with Gasteiger partial charge in [-0.25, -0.2) is 12.8 Å². The number of nitrogens with zero attached hydrogens (tertiary/aromatic N) is 2. The fraction of sp³-hybridized carbons (Fsp3) is 0.364. The first-order valence-electron chi connectivity index (χ1n) is 5.08. The maximum Gasteiger partial charge on any atom is 0.182 e. The lowest BCUT2D eigenvalue weighted by Gasteiger charge is -2.34. The standard InChI is InChI=1S/C11H11FN2O2S/c1-14-9(4-5-13)7-17(15,16)11-3-2-8(12)6-10(11)14/h2-3,6,9H,4,7H2,1H3. The number of anilines is 1. The third-order valence-electron chi connectivity index (χ3n) is 2.92. The van der Waals surface area contributed by atoms with Crippen LogP contribution in [0.1, 0.15) is 6.42 Å². The van der Waals surface area contributed by atoms with Crippen molar-refractivity contribution in [1.82, 2.24) is 0 Å². The fourth-order valence-corrected chi connectivity index (χ4v) is 3.81. The maximum atomic E-state index is 13.1. The van der Waals surface area contributed by atoms with Crippen molar-refractivity contribution in [2.45, 2.75) is 17.4 Å².